The number of anilines is 1. The lowest BCUT2D eigenvalue weighted by atomic mass is 10.1. The van der Waals surface area contributed by atoms with Gasteiger partial charge in [0.05, 0.1) is 11.8 Å². The van der Waals surface area contributed by atoms with Gasteiger partial charge in [0.25, 0.3) is 5.91 Å². The molecule has 0 atom stereocenters. The highest BCUT2D eigenvalue weighted by Crippen LogP contribution is 2.26. The van der Waals surface area contributed by atoms with Crippen LogP contribution in [0.15, 0.2) is 53.9 Å². The van der Waals surface area contributed by atoms with E-state index < -0.39 is 10.0 Å². The summed E-state index contributed by atoms with van der Waals surface area (Å²) in [6.07, 6.45) is 1.11. The molecule has 124 valence electrons. The minimum atomic E-state index is -3.25. The first-order valence-corrected chi connectivity index (χ1v) is 10.0. The molecule has 0 saturated carbocycles. The normalized spacial score (nSPS) is 11.5. The number of nitrogens with one attached hydrogen (secondary N) is 2. The van der Waals surface area contributed by atoms with Gasteiger partial charge >= 0.3 is 0 Å². The van der Waals surface area contributed by atoms with Crippen LogP contribution in [0.25, 0.3) is 10.1 Å². The average molecular weight is 360 g/mol. The van der Waals surface area contributed by atoms with Crippen LogP contribution in [-0.2, 0) is 16.6 Å². The van der Waals surface area contributed by atoms with Crippen molar-refractivity contribution in [2.75, 3.05) is 11.6 Å². The molecule has 0 bridgehead atoms. The van der Waals surface area contributed by atoms with E-state index in [1.54, 1.807) is 24.3 Å². The van der Waals surface area contributed by atoms with Gasteiger partial charge in [-0.05, 0) is 23.8 Å². The Morgan fingerprint density at radius 3 is 2.71 bits per heavy atom. The van der Waals surface area contributed by atoms with Crippen LogP contribution >= 0.6 is 11.3 Å². The number of hydrogen-bond donors (Lipinski definition) is 2. The maximum atomic E-state index is 12.5. The molecule has 1 amide bonds. The van der Waals surface area contributed by atoms with Gasteiger partial charge in [0.2, 0.25) is 10.0 Å². The van der Waals surface area contributed by atoms with E-state index >= 15 is 0 Å². The topological polar surface area (TPSA) is 75.3 Å². The number of carbonyl (C=O) groups is 1. The summed E-state index contributed by atoms with van der Waals surface area (Å²) in [6, 6.07) is 14.9. The number of benzene rings is 2. The van der Waals surface area contributed by atoms with Crippen LogP contribution in [0.5, 0.6) is 0 Å². The van der Waals surface area contributed by atoms with Gasteiger partial charge in [-0.15, -0.1) is 11.3 Å². The van der Waals surface area contributed by atoms with E-state index in [0.29, 0.717) is 11.3 Å². The second kappa shape index (κ2) is 6.72. The van der Waals surface area contributed by atoms with Gasteiger partial charge in [-0.2, -0.15) is 0 Å². The SMILES string of the molecule is CS(=O)(=O)NCc1cccc(NC(=O)c2csc3ccccc23)c1. The molecule has 0 radical (unpaired) electrons. The minimum Gasteiger partial charge on any atom is -0.322 e. The summed E-state index contributed by atoms with van der Waals surface area (Å²) in [5.41, 5.74) is 2.03. The highest BCUT2D eigenvalue weighted by molar-refractivity contribution is 7.88. The Bertz CT molecular complexity index is 994. The molecule has 0 aliphatic heterocycles. The summed E-state index contributed by atoms with van der Waals surface area (Å²) in [5.74, 6) is -0.180. The molecule has 0 fully saturated rings. The number of thiophene rings is 1. The lowest BCUT2D eigenvalue weighted by molar-refractivity contribution is 0.102. The second-order valence-electron chi connectivity index (χ2n) is 5.39. The first kappa shape index (κ1) is 16.6. The van der Waals surface area contributed by atoms with E-state index in [1.165, 1.54) is 11.3 Å². The molecule has 0 aliphatic carbocycles. The van der Waals surface area contributed by atoms with Crippen molar-refractivity contribution < 1.29 is 13.2 Å². The molecule has 0 unspecified atom stereocenters. The summed E-state index contributed by atoms with van der Waals surface area (Å²) in [4.78, 5) is 12.5. The fourth-order valence-electron chi connectivity index (χ4n) is 2.33. The van der Waals surface area contributed by atoms with Crippen molar-refractivity contribution in [3.63, 3.8) is 0 Å². The summed E-state index contributed by atoms with van der Waals surface area (Å²) in [5, 5.41) is 5.63. The van der Waals surface area contributed by atoms with Gasteiger partial charge in [-0.3, -0.25) is 4.79 Å². The fraction of sp³-hybridized carbons (Fsp3) is 0.118. The summed E-state index contributed by atoms with van der Waals surface area (Å²) >= 11 is 1.53. The van der Waals surface area contributed by atoms with Crippen LogP contribution in [0.2, 0.25) is 0 Å². The highest BCUT2D eigenvalue weighted by atomic mass is 32.2. The van der Waals surface area contributed by atoms with E-state index in [9.17, 15) is 13.2 Å². The molecule has 2 N–H and O–H groups in total. The Morgan fingerprint density at radius 1 is 1.12 bits per heavy atom. The lowest BCUT2D eigenvalue weighted by Crippen LogP contribution is -2.21. The fourth-order valence-corrected chi connectivity index (χ4v) is 3.70. The van der Waals surface area contributed by atoms with Crippen molar-refractivity contribution in [2.45, 2.75) is 6.54 Å². The van der Waals surface area contributed by atoms with Crippen molar-refractivity contribution in [2.24, 2.45) is 0 Å². The number of amides is 1. The largest absolute Gasteiger partial charge is 0.322 e. The maximum absolute atomic E-state index is 12.5. The van der Waals surface area contributed by atoms with E-state index in [-0.39, 0.29) is 12.5 Å². The smallest absolute Gasteiger partial charge is 0.257 e. The number of rotatable bonds is 5. The van der Waals surface area contributed by atoms with Crippen LogP contribution in [0.4, 0.5) is 5.69 Å². The van der Waals surface area contributed by atoms with Crippen molar-refractivity contribution >= 4 is 43.0 Å². The predicted octanol–water partition coefficient (Wildman–Crippen LogP) is 3.20. The van der Waals surface area contributed by atoms with Crippen LogP contribution < -0.4 is 10.0 Å². The number of fused-ring (bicyclic) bond motifs is 1. The molecule has 7 heteroatoms. The zero-order valence-corrected chi connectivity index (χ0v) is 14.6. The third-order valence-corrected chi connectivity index (χ3v) is 5.08. The molecule has 0 aliphatic rings. The molecule has 0 spiro atoms. The quantitative estimate of drug-likeness (QED) is 0.734. The molecule has 5 nitrogen and oxygen atoms in total. The van der Waals surface area contributed by atoms with Gasteiger partial charge in [-0.1, -0.05) is 30.3 Å². The molecule has 24 heavy (non-hydrogen) atoms. The van der Waals surface area contributed by atoms with Crippen LogP contribution in [0.1, 0.15) is 15.9 Å². The minimum absolute atomic E-state index is 0.180. The van der Waals surface area contributed by atoms with Crippen LogP contribution in [0.3, 0.4) is 0 Å². The van der Waals surface area contributed by atoms with Gasteiger partial charge in [-0.25, -0.2) is 13.1 Å². The maximum Gasteiger partial charge on any atom is 0.257 e. The number of sulfonamides is 1. The van der Waals surface area contributed by atoms with Crippen molar-refractivity contribution in [1.29, 1.82) is 0 Å². The third-order valence-electron chi connectivity index (χ3n) is 3.45. The molecular formula is C17H16N2O3S2. The Morgan fingerprint density at radius 2 is 1.92 bits per heavy atom. The van der Waals surface area contributed by atoms with E-state index in [1.807, 2.05) is 29.6 Å². The van der Waals surface area contributed by atoms with Crippen LogP contribution in [-0.4, -0.2) is 20.6 Å². The van der Waals surface area contributed by atoms with Gasteiger partial charge in [0, 0.05) is 27.7 Å². The van der Waals surface area contributed by atoms with Gasteiger partial charge in [0.15, 0.2) is 0 Å². The van der Waals surface area contributed by atoms with Crippen LogP contribution in [0, 0.1) is 0 Å². The highest BCUT2D eigenvalue weighted by Gasteiger charge is 2.12. The summed E-state index contributed by atoms with van der Waals surface area (Å²) < 4.78 is 25.8. The van der Waals surface area contributed by atoms with E-state index in [0.717, 1.165) is 21.9 Å². The average Bonchev–Trinajstić information content (AvgIpc) is 2.97. The standard InChI is InChI=1S/C17H16N2O3S2/c1-24(21,22)18-10-12-5-4-6-13(9-12)19-17(20)15-11-23-16-8-3-2-7-14(15)16/h2-9,11,18H,10H2,1H3,(H,19,20). The van der Waals surface area contributed by atoms with Crippen molar-refractivity contribution in [3.05, 3.63) is 65.0 Å². The zero-order chi connectivity index (χ0) is 17.2. The molecule has 3 aromatic rings. The monoisotopic (exact) mass is 360 g/mol. The first-order chi connectivity index (χ1) is 11.4. The Labute approximate surface area is 144 Å². The Kier molecular flexibility index (Phi) is 4.66. The molecular weight excluding hydrogens is 344 g/mol. The second-order valence-corrected chi connectivity index (χ2v) is 8.14. The number of carbonyl (C=O) groups excluding carboxylic acids is 1. The van der Waals surface area contributed by atoms with E-state index in [2.05, 4.69) is 10.0 Å². The lowest BCUT2D eigenvalue weighted by Gasteiger charge is -2.08. The van der Waals surface area contributed by atoms with E-state index in [4.69, 9.17) is 0 Å². The van der Waals surface area contributed by atoms with Gasteiger partial charge in [0.1, 0.15) is 0 Å². The Hall–Kier alpha value is -2.22. The molecule has 1 aromatic heterocycles. The first-order valence-electron chi connectivity index (χ1n) is 7.23. The van der Waals surface area contributed by atoms with Gasteiger partial charge < -0.3 is 5.32 Å². The summed E-state index contributed by atoms with van der Waals surface area (Å²) in [6.45, 7) is 0.184. The molecule has 1 heterocycles. The van der Waals surface area contributed by atoms with Crippen molar-refractivity contribution in [3.8, 4) is 0 Å². The van der Waals surface area contributed by atoms with Crippen molar-refractivity contribution in [1.82, 2.24) is 4.72 Å². The summed E-state index contributed by atoms with van der Waals surface area (Å²) in [7, 11) is -3.25. The molecule has 0 saturated heterocycles. The Balaban J connectivity index is 1.77. The third kappa shape index (κ3) is 4.00. The predicted molar refractivity (Wildman–Crippen MR) is 97.9 cm³/mol. The molecule has 2 aromatic carbocycles. The molecule has 3 rings (SSSR count). The number of hydrogen-bond acceptors (Lipinski definition) is 4. The zero-order valence-electron chi connectivity index (χ0n) is 12.9.